The number of hydrogen-bond donors (Lipinski definition) is 0. The molecule has 0 fully saturated rings. The van der Waals surface area contributed by atoms with Crippen LogP contribution in [0.15, 0.2) is 40.9 Å². The summed E-state index contributed by atoms with van der Waals surface area (Å²) in [5, 5.41) is 0. The summed E-state index contributed by atoms with van der Waals surface area (Å²) >= 11 is 0. The number of rotatable bonds is 0. The summed E-state index contributed by atoms with van der Waals surface area (Å²) in [7, 11) is 0. The van der Waals surface area contributed by atoms with Gasteiger partial charge in [-0.15, -0.1) is 0 Å². The molecular weight excluding hydrogens is 134 g/mol. The fraction of sp³-hybridized carbons (Fsp3) is 0.300. The molecule has 11 heavy (non-hydrogen) atoms. The Kier molecular flexibility index (Phi) is 1.50. The Balaban J connectivity index is 2.31. The molecule has 0 aromatic carbocycles. The van der Waals surface area contributed by atoms with Gasteiger partial charge in [0.15, 0.2) is 0 Å². The Bertz CT molecular complexity index is 269. The van der Waals surface area contributed by atoms with Crippen molar-refractivity contribution in [3.05, 3.63) is 36.0 Å². The third-order valence-corrected chi connectivity index (χ3v) is 1.97. The fourth-order valence-corrected chi connectivity index (χ4v) is 1.41. The Hall–Kier alpha value is -1.11. The van der Waals surface area contributed by atoms with Crippen LogP contribution in [0.25, 0.3) is 0 Å². The van der Waals surface area contributed by atoms with Gasteiger partial charge in [-0.1, -0.05) is 37.3 Å². The van der Waals surface area contributed by atoms with Crippen LogP contribution in [0, 0.1) is 5.92 Å². The highest BCUT2D eigenvalue weighted by atomic mass is 14.8. The largest absolute Gasteiger partial charge is 0.285 e. The molecular formula is C10H11N. The lowest BCUT2D eigenvalue weighted by Gasteiger charge is -2.18. The minimum Gasteiger partial charge on any atom is -0.285 e. The maximum Gasteiger partial charge on any atom is 0.0926 e. The van der Waals surface area contributed by atoms with E-state index in [0.29, 0.717) is 12.0 Å². The molecule has 0 N–H and O–H groups in total. The molecule has 2 rings (SSSR count). The van der Waals surface area contributed by atoms with Crippen molar-refractivity contribution in [1.82, 2.24) is 0 Å². The van der Waals surface area contributed by atoms with E-state index in [1.54, 1.807) is 0 Å². The van der Waals surface area contributed by atoms with Gasteiger partial charge in [-0.3, -0.25) is 4.99 Å². The van der Waals surface area contributed by atoms with Gasteiger partial charge in [-0.05, 0) is 5.57 Å². The minimum absolute atomic E-state index is 0.302. The second kappa shape index (κ2) is 2.50. The third-order valence-electron chi connectivity index (χ3n) is 1.97. The highest BCUT2D eigenvalue weighted by Gasteiger charge is 2.13. The molecule has 2 atom stereocenters. The predicted octanol–water partition coefficient (Wildman–Crippen LogP) is 2.13. The van der Waals surface area contributed by atoms with Crippen LogP contribution in [-0.2, 0) is 0 Å². The van der Waals surface area contributed by atoms with Crippen molar-refractivity contribution < 1.29 is 0 Å². The zero-order valence-corrected chi connectivity index (χ0v) is 6.57. The lowest BCUT2D eigenvalue weighted by molar-refractivity contribution is 0.875. The van der Waals surface area contributed by atoms with Crippen LogP contribution in [-0.4, -0.2) is 12.3 Å². The molecule has 2 aliphatic rings. The van der Waals surface area contributed by atoms with E-state index >= 15 is 0 Å². The van der Waals surface area contributed by atoms with Crippen molar-refractivity contribution in [2.24, 2.45) is 10.9 Å². The first-order valence-corrected chi connectivity index (χ1v) is 3.96. The highest BCUT2D eigenvalue weighted by Crippen LogP contribution is 2.20. The standard InChI is InChI=1S/C10H11N/c1-8-6-9-4-2-3-5-10(9)11-7-8/h2-8,10H,1H3. The zero-order valence-electron chi connectivity index (χ0n) is 6.57. The molecule has 0 amide bonds. The van der Waals surface area contributed by atoms with Crippen molar-refractivity contribution in [3.8, 4) is 0 Å². The summed E-state index contributed by atoms with van der Waals surface area (Å²) in [6, 6.07) is 0.302. The minimum atomic E-state index is 0.302. The Morgan fingerprint density at radius 1 is 1.36 bits per heavy atom. The van der Waals surface area contributed by atoms with Gasteiger partial charge in [0.25, 0.3) is 0 Å². The summed E-state index contributed by atoms with van der Waals surface area (Å²) in [5.74, 6) is 0.498. The lowest BCUT2D eigenvalue weighted by atomic mass is 9.96. The molecule has 1 aliphatic carbocycles. The van der Waals surface area contributed by atoms with Crippen molar-refractivity contribution in [2.45, 2.75) is 13.0 Å². The summed E-state index contributed by atoms with van der Waals surface area (Å²) in [6.45, 7) is 2.15. The molecule has 56 valence electrons. The van der Waals surface area contributed by atoms with Crippen LogP contribution in [0.3, 0.4) is 0 Å². The Morgan fingerprint density at radius 2 is 2.27 bits per heavy atom. The summed E-state index contributed by atoms with van der Waals surface area (Å²) in [5.41, 5.74) is 1.34. The Morgan fingerprint density at radius 3 is 3.18 bits per heavy atom. The molecule has 0 aromatic rings. The molecule has 0 radical (unpaired) electrons. The van der Waals surface area contributed by atoms with E-state index in [9.17, 15) is 0 Å². The van der Waals surface area contributed by atoms with Gasteiger partial charge in [0, 0.05) is 12.1 Å². The van der Waals surface area contributed by atoms with Crippen molar-refractivity contribution in [1.29, 1.82) is 0 Å². The summed E-state index contributed by atoms with van der Waals surface area (Å²) < 4.78 is 0. The van der Waals surface area contributed by atoms with E-state index in [1.165, 1.54) is 5.57 Å². The number of nitrogens with zero attached hydrogens (tertiary/aromatic N) is 1. The molecule has 1 aliphatic heterocycles. The Labute approximate surface area is 66.8 Å². The first kappa shape index (κ1) is 6.59. The maximum atomic E-state index is 4.40. The number of dihydropyridines is 1. The molecule has 1 heterocycles. The van der Waals surface area contributed by atoms with Crippen LogP contribution in [0.4, 0.5) is 0 Å². The molecule has 0 saturated heterocycles. The fourth-order valence-electron chi connectivity index (χ4n) is 1.41. The van der Waals surface area contributed by atoms with E-state index in [-0.39, 0.29) is 0 Å². The predicted molar refractivity (Wildman–Crippen MR) is 47.8 cm³/mol. The molecule has 0 saturated carbocycles. The first-order valence-electron chi connectivity index (χ1n) is 3.96. The average molecular weight is 145 g/mol. The molecule has 0 aromatic heterocycles. The smallest absolute Gasteiger partial charge is 0.0926 e. The van der Waals surface area contributed by atoms with E-state index in [1.807, 2.05) is 6.21 Å². The topological polar surface area (TPSA) is 12.4 Å². The number of allylic oxidation sites excluding steroid dienone is 3. The van der Waals surface area contributed by atoms with Gasteiger partial charge in [0.1, 0.15) is 0 Å². The van der Waals surface area contributed by atoms with Crippen LogP contribution >= 0.6 is 0 Å². The maximum absolute atomic E-state index is 4.40. The molecule has 2 unspecified atom stereocenters. The average Bonchev–Trinajstić information content (AvgIpc) is 2.04. The van der Waals surface area contributed by atoms with E-state index in [4.69, 9.17) is 0 Å². The van der Waals surface area contributed by atoms with Crippen LogP contribution in [0.2, 0.25) is 0 Å². The molecule has 1 nitrogen and oxygen atoms in total. The quantitative estimate of drug-likeness (QED) is 0.495. The van der Waals surface area contributed by atoms with Gasteiger partial charge in [0.05, 0.1) is 6.04 Å². The van der Waals surface area contributed by atoms with Gasteiger partial charge in [-0.2, -0.15) is 0 Å². The molecule has 0 spiro atoms. The van der Waals surface area contributed by atoms with Gasteiger partial charge < -0.3 is 0 Å². The monoisotopic (exact) mass is 145 g/mol. The zero-order chi connectivity index (χ0) is 7.68. The second-order valence-corrected chi connectivity index (χ2v) is 3.01. The van der Waals surface area contributed by atoms with E-state index in [0.717, 1.165) is 0 Å². The molecule has 0 bridgehead atoms. The lowest BCUT2D eigenvalue weighted by Crippen LogP contribution is -2.13. The van der Waals surface area contributed by atoms with Gasteiger partial charge in [0.2, 0.25) is 0 Å². The van der Waals surface area contributed by atoms with Gasteiger partial charge >= 0.3 is 0 Å². The van der Waals surface area contributed by atoms with E-state index < -0.39 is 0 Å². The highest BCUT2D eigenvalue weighted by molar-refractivity contribution is 5.67. The van der Waals surface area contributed by atoms with E-state index in [2.05, 4.69) is 42.3 Å². The van der Waals surface area contributed by atoms with Crippen molar-refractivity contribution >= 4 is 6.21 Å². The summed E-state index contributed by atoms with van der Waals surface area (Å²) in [4.78, 5) is 4.40. The van der Waals surface area contributed by atoms with Crippen LogP contribution in [0.1, 0.15) is 6.92 Å². The number of fused-ring (bicyclic) bond motifs is 1. The van der Waals surface area contributed by atoms with Crippen molar-refractivity contribution in [2.75, 3.05) is 0 Å². The number of hydrogen-bond acceptors (Lipinski definition) is 1. The van der Waals surface area contributed by atoms with Crippen molar-refractivity contribution in [3.63, 3.8) is 0 Å². The number of aliphatic imine (C=N–C) groups is 1. The van der Waals surface area contributed by atoms with Gasteiger partial charge in [-0.25, -0.2) is 0 Å². The second-order valence-electron chi connectivity index (χ2n) is 3.01. The SMILES string of the molecule is CC1C=NC2C=CC=CC2=C1. The molecule has 1 heteroatoms. The normalized spacial score (nSPS) is 33.4. The summed E-state index contributed by atoms with van der Waals surface area (Å²) in [6.07, 6.45) is 12.6. The third kappa shape index (κ3) is 1.18. The first-order chi connectivity index (χ1) is 5.36. The van der Waals surface area contributed by atoms with Crippen LogP contribution in [0.5, 0.6) is 0 Å². The van der Waals surface area contributed by atoms with Crippen LogP contribution < -0.4 is 0 Å².